The quantitative estimate of drug-likeness (QED) is 0.861. The normalized spacial score (nSPS) is 26.9. The van der Waals surface area contributed by atoms with Crippen LogP contribution in [0.25, 0.3) is 0 Å². The van der Waals surface area contributed by atoms with Gasteiger partial charge < -0.3 is 10.6 Å². The van der Waals surface area contributed by atoms with E-state index in [1.807, 2.05) is 13.1 Å². The predicted octanol–water partition coefficient (Wildman–Crippen LogP) is 2.29. The molecular formula is C14H21N3O. The number of carbonyl (C=O) groups is 1. The third-order valence-corrected chi connectivity index (χ3v) is 4.07. The van der Waals surface area contributed by atoms with Crippen LogP contribution in [0.2, 0.25) is 0 Å². The average Bonchev–Trinajstić information content (AvgIpc) is 2.71. The average molecular weight is 247 g/mol. The molecule has 1 aromatic heterocycles. The van der Waals surface area contributed by atoms with Crippen LogP contribution < -0.4 is 10.6 Å². The summed E-state index contributed by atoms with van der Waals surface area (Å²) in [5.74, 6) is 1.17. The molecule has 1 aliphatic rings. The highest BCUT2D eigenvalue weighted by Gasteiger charge is 2.30. The number of pyridine rings is 1. The van der Waals surface area contributed by atoms with Gasteiger partial charge in [-0.3, -0.25) is 4.79 Å². The van der Waals surface area contributed by atoms with Gasteiger partial charge in [0.15, 0.2) is 0 Å². The van der Waals surface area contributed by atoms with Crippen LogP contribution in [0.1, 0.15) is 37.2 Å². The molecule has 2 rings (SSSR count). The van der Waals surface area contributed by atoms with Gasteiger partial charge in [-0.2, -0.15) is 0 Å². The van der Waals surface area contributed by atoms with Crippen LogP contribution in [0.15, 0.2) is 18.3 Å². The van der Waals surface area contributed by atoms with Crippen LogP contribution in [0.5, 0.6) is 0 Å². The minimum atomic E-state index is -0.0661. The monoisotopic (exact) mass is 247 g/mol. The topological polar surface area (TPSA) is 54.0 Å². The van der Waals surface area contributed by atoms with Crippen LogP contribution >= 0.6 is 0 Å². The van der Waals surface area contributed by atoms with Crippen molar-refractivity contribution in [3.8, 4) is 0 Å². The predicted molar refractivity (Wildman–Crippen MR) is 72.6 cm³/mol. The van der Waals surface area contributed by atoms with Crippen molar-refractivity contribution in [3.63, 3.8) is 0 Å². The molecule has 1 saturated carbocycles. The van der Waals surface area contributed by atoms with Gasteiger partial charge in [-0.1, -0.05) is 13.8 Å². The maximum Gasteiger partial charge on any atom is 0.270 e. The van der Waals surface area contributed by atoms with E-state index in [0.29, 0.717) is 23.6 Å². The number of hydrogen-bond acceptors (Lipinski definition) is 3. The summed E-state index contributed by atoms with van der Waals surface area (Å²) in [5, 5.41) is 6.08. The molecule has 3 atom stereocenters. The van der Waals surface area contributed by atoms with Crippen LogP contribution in [-0.2, 0) is 0 Å². The third-order valence-electron chi connectivity index (χ3n) is 4.07. The van der Waals surface area contributed by atoms with Gasteiger partial charge in [0.05, 0.1) is 11.9 Å². The van der Waals surface area contributed by atoms with Crippen molar-refractivity contribution in [2.45, 2.75) is 32.7 Å². The van der Waals surface area contributed by atoms with Gasteiger partial charge in [0.25, 0.3) is 5.91 Å². The van der Waals surface area contributed by atoms with Crippen molar-refractivity contribution in [2.75, 3.05) is 12.4 Å². The van der Waals surface area contributed by atoms with Gasteiger partial charge in [0.1, 0.15) is 5.69 Å². The second kappa shape index (κ2) is 5.38. The highest BCUT2D eigenvalue weighted by Crippen LogP contribution is 2.31. The number of amides is 1. The first-order chi connectivity index (χ1) is 8.61. The molecule has 1 amide bonds. The SMILES string of the molecule is CNc1ccc(C(=O)NC2CCC(C)C2C)nc1. The van der Waals surface area contributed by atoms with Gasteiger partial charge in [0, 0.05) is 13.1 Å². The third kappa shape index (κ3) is 2.63. The first-order valence-corrected chi connectivity index (χ1v) is 6.56. The first kappa shape index (κ1) is 12.9. The van der Waals surface area contributed by atoms with E-state index in [-0.39, 0.29) is 5.91 Å². The Kier molecular flexibility index (Phi) is 3.84. The summed E-state index contributed by atoms with van der Waals surface area (Å²) in [6, 6.07) is 3.91. The number of nitrogens with one attached hydrogen (secondary N) is 2. The standard InChI is InChI=1S/C14H21N3O/c1-9-4-6-12(10(9)2)17-14(18)13-7-5-11(15-3)8-16-13/h5,7-10,12,15H,4,6H2,1-3H3,(H,17,18). The Morgan fingerprint density at radius 3 is 2.61 bits per heavy atom. The summed E-state index contributed by atoms with van der Waals surface area (Å²) in [5.41, 5.74) is 1.40. The van der Waals surface area contributed by atoms with Crippen LogP contribution in [0.4, 0.5) is 5.69 Å². The van der Waals surface area contributed by atoms with E-state index in [2.05, 4.69) is 29.5 Å². The second-order valence-corrected chi connectivity index (χ2v) is 5.18. The van der Waals surface area contributed by atoms with Crippen molar-refractivity contribution in [1.29, 1.82) is 0 Å². The number of anilines is 1. The van der Waals surface area contributed by atoms with Crippen molar-refractivity contribution in [1.82, 2.24) is 10.3 Å². The summed E-state index contributed by atoms with van der Waals surface area (Å²) < 4.78 is 0. The number of carbonyl (C=O) groups excluding carboxylic acids is 1. The zero-order valence-corrected chi connectivity index (χ0v) is 11.2. The molecule has 18 heavy (non-hydrogen) atoms. The zero-order chi connectivity index (χ0) is 13.1. The van der Waals surface area contributed by atoms with Crippen molar-refractivity contribution in [2.24, 2.45) is 11.8 Å². The summed E-state index contributed by atoms with van der Waals surface area (Å²) in [4.78, 5) is 16.2. The van der Waals surface area contributed by atoms with E-state index < -0.39 is 0 Å². The molecule has 2 N–H and O–H groups in total. The number of nitrogens with zero attached hydrogens (tertiary/aromatic N) is 1. The van der Waals surface area contributed by atoms with Crippen molar-refractivity contribution < 1.29 is 4.79 Å². The van der Waals surface area contributed by atoms with Gasteiger partial charge in [-0.05, 0) is 36.8 Å². The van der Waals surface area contributed by atoms with E-state index in [0.717, 1.165) is 12.1 Å². The maximum atomic E-state index is 12.1. The largest absolute Gasteiger partial charge is 0.387 e. The first-order valence-electron chi connectivity index (χ1n) is 6.56. The Balaban J connectivity index is 1.99. The fourth-order valence-corrected chi connectivity index (χ4v) is 2.49. The molecule has 1 heterocycles. The lowest BCUT2D eigenvalue weighted by Crippen LogP contribution is -2.37. The molecule has 0 aromatic carbocycles. The van der Waals surface area contributed by atoms with E-state index in [4.69, 9.17) is 0 Å². The summed E-state index contributed by atoms with van der Waals surface area (Å²) >= 11 is 0. The van der Waals surface area contributed by atoms with Gasteiger partial charge in [-0.15, -0.1) is 0 Å². The van der Waals surface area contributed by atoms with E-state index >= 15 is 0 Å². The molecule has 1 aromatic rings. The smallest absolute Gasteiger partial charge is 0.270 e. The molecule has 3 unspecified atom stereocenters. The molecule has 1 aliphatic carbocycles. The van der Waals surface area contributed by atoms with Gasteiger partial charge >= 0.3 is 0 Å². The Hall–Kier alpha value is -1.58. The Morgan fingerprint density at radius 2 is 2.11 bits per heavy atom. The highest BCUT2D eigenvalue weighted by molar-refractivity contribution is 5.92. The van der Waals surface area contributed by atoms with Crippen molar-refractivity contribution in [3.05, 3.63) is 24.0 Å². The Morgan fingerprint density at radius 1 is 1.33 bits per heavy atom. The van der Waals surface area contributed by atoms with Gasteiger partial charge in [0.2, 0.25) is 0 Å². The van der Waals surface area contributed by atoms with Gasteiger partial charge in [-0.25, -0.2) is 4.98 Å². The Labute approximate surface area is 108 Å². The maximum absolute atomic E-state index is 12.1. The molecule has 98 valence electrons. The van der Waals surface area contributed by atoms with E-state index in [1.165, 1.54) is 6.42 Å². The van der Waals surface area contributed by atoms with Crippen molar-refractivity contribution >= 4 is 11.6 Å². The lowest BCUT2D eigenvalue weighted by atomic mass is 9.98. The lowest BCUT2D eigenvalue weighted by Gasteiger charge is -2.19. The minimum absolute atomic E-state index is 0.0661. The summed E-state index contributed by atoms with van der Waals surface area (Å²) in [6.45, 7) is 4.46. The molecular weight excluding hydrogens is 226 g/mol. The summed E-state index contributed by atoms with van der Waals surface area (Å²) in [6.07, 6.45) is 3.94. The molecule has 4 nitrogen and oxygen atoms in total. The fraction of sp³-hybridized carbons (Fsp3) is 0.571. The van der Waals surface area contributed by atoms with E-state index in [9.17, 15) is 4.79 Å². The second-order valence-electron chi connectivity index (χ2n) is 5.18. The molecule has 0 radical (unpaired) electrons. The molecule has 0 spiro atoms. The van der Waals surface area contributed by atoms with E-state index in [1.54, 1.807) is 12.3 Å². The van der Waals surface area contributed by atoms with Crippen LogP contribution in [0, 0.1) is 11.8 Å². The minimum Gasteiger partial charge on any atom is -0.387 e. The molecule has 4 heteroatoms. The van der Waals surface area contributed by atoms with Crippen LogP contribution in [0.3, 0.4) is 0 Å². The number of aromatic nitrogens is 1. The molecule has 0 saturated heterocycles. The highest BCUT2D eigenvalue weighted by atomic mass is 16.1. The van der Waals surface area contributed by atoms with Crippen LogP contribution in [-0.4, -0.2) is 24.0 Å². The fourth-order valence-electron chi connectivity index (χ4n) is 2.49. The number of rotatable bonds is 3. The molecule has 0 bridgehead atoms. The molecule has 1 fully saturated rings. The number of hydrogen-bond donors (Lipinski definition) is 2. The summed E-state index contributed by atoms with van der Waals surface area (Å²) in [7, 11) is 1.83. The lowest BCUT2D eigenvalue weighted by molar-refractivity contribution is 0.0922. The zero-order valence-electron chi connectivity index (χ0n) is 11.2. The molecule has 0 aliphatic heterocycles. The Bertz CT molecular complexity index is 416.